The first-order chi connectivity index (χ1) is 13.7. The summed E-state index contributed by atoms with van der Waals surface area (Å²) in [5, 5.41) is 9.51. The SMILES string of the molecule is C=C(C)C(=O)OCCC(CC(=O)N(CCC)[Si](OCC)(OCC)OCC)C(=O)O. The van der Waals surface area contributed by atoms with Gasteiger partial charge in [0.2, 0.25) is 5.91 Å². The number of ether oxygens (including phenoxy) is 1. The average molecular weight is 434 g/mol. The van der Waals surface area contributed by atoms with Gasteiger partial charge in [-0.3, -0.25) is 9.59 Å². The van der Waals surface area contributed by atoms with Gasteiger partial charge in [0.1, 0.15) is 0 Å². The normalized spacial score (nSPS) is 12.3. The van der Waals surface area contributed by atoms with Crippen LogP contribution in [0.3, 0.4) is 0 Å². The molecule has 0 radical (unpaired) electrons. The number of aliphatic carboxylic acids is 1. The first-order valence-corrected chi connectivity index (χ1v) is 11.6. The summed E-state index contributed by atoms with van der Waals surface area (Å²) >= 11 is 0. The molecule has 0 aliphatic carbocycles. The van der Waals surface area contributed by atoms with Crippen LogP contribution in [0.25, 0.3) is 0 Å². The monoisotopic (exact) mass is 433 g/mol. The van der Waals surface area contributed by atoms with E-state index in [1.807, 2.05) is 6.92 Å². The Morgan fingerprint density at radius 3 is 1.93 bits per heavy atom. The van der Waals surface area contributed by atoms with Crippen LogP contribution in [-0.2, 0) is 32.4 Å². The minimum atomic E-state index is -3.48. The number of hydrogen-bond acceptors (Lipinski definition) is 7. The van der Waals surface area contributed by atoms with Crippen molar-refractivity contribution >= 4 is 26.8 Å². The lowest BCUT2D eigenvalue weighted by atomic mass is 10.0. The van der Waals surface area contributed by atoms with Crippen LogP contribution in [0.4, 0.5) is 0 Å². The molecular weight excluding hydrogens is 398 g/mol. The van der Waals surface area contributed by atoms with Crippen molar-refractivity contribution in [1.82, 2.24) is 4.57 Å². The van der Waals surface area contributed by atoms with E-state index in [9.17, 15) is 19.5 Å². The Morgan fingerprint density at radius 2 is 1.55 bits per heavy atom. The van der Waals surface area contributed by atoms with Crippen molar-refractivity contribution in [3.05, 3.63) is 12.2 Å². The van der Waals surface area contributed by atoms with Gasteiger partial charge in [0.15, 0.2) is 0 Å². The van der Waals surface area contributed by atoms with Crippen LogP contribution in [0, 0.1) is 5.92 Å². The van der Waals surface area contributed by atoms with E-state index in [-0.39, 0.29) is 25.0 Å². The zero-order chi connectivity index (χ0) is 22.4. The molecule has 168 valence electrons. The van der Waals surface area contributed by atoms with Crippen LogP contribution in [0.2, 0.25) is 0 Å². The van der Waals surface area contributed by atoms with Crippen LogP contribution in [0.5, 0.6) is 0 Å². The molecule has 1 atom stereocenters. The number of esters is 1. The first kappa shape index (κ1) is 27.2. The standard InChI is InChI=1S/C19H35NO8Si/c1-7-12-20(29(26-8-2,27-9-3)28-10-4)17(21)14-16(18(22)23)11-13-25-19(24)15(5)6/h16H,5,7-14H2,1-4,6H3,(H,22,23). The summed E-state index contributed by atoms with van der Waals surface area (Å²) in [6, 6.07) is 0. The highest BCUT2D eigenvalue weighted by Gasteiger charge is 2.51. The zero-order valence-corrected chi connectivity index (χ0v) is 19.2. The van der Waals surface area contributed by atoms with Crippen LogP contribution < -0.4 is 0 Å². The maximum atomic E-state index is 13.1. The quantitative estimate of drug-likeness (QED) is 0.224. The molecule has 29 heavy (non-hydrogen) atoms. The summed E-state index contributed by atoms with van der Waals surface area (Å²) < 4.78 is 23.8. The average Bonchev–Trinajstić information content (AvgIpc) is 2.65. The molecule has 1 N–H and O–H groups in total. The van der Waals surface area contributed by atoms with Gasteiger partial charge >= 0.3 is 20.9 Å². The third-order valence-corrected chi connectivity index (χ3v) is 6.97. The summed E-state index contributed by atoms with van der Waals surface area (Å²) in [6.45, 7) is 13.3. The van der Waals surface area contributed by atoms with Gasteiger partial charge in [-0.05, 0) is 40.5 Å². The van der Waals surface area contributed by atoms with E-state index < -0.39 is 32.7 Å². The number of carboxylic acids is 1. The zero-order valence-electron chi connectivity index (χ0n) is 18.2. The number of hydrogen-bond donors (Lipinski definition) is 1. The molecule has 0 saturated heterocycles. The molecule has 0 bridgehead atoms. The number of carbonyl (C=O) groups excluding carboxylic acids is 2. The van der Waals surface area contributed by atoms with Gasteiger partial charge < -0.3 is 27.7 Å². The molecule has 0 saturated carbocycles. The number of amides is 1. The van der Waals surface area contributed by atoms with E-state index in [2.05, 4.69) is 6.58 Å². The van der Waals surface area contributed by atoms with Crippen LogP contribution in [-0.4, -0.2) is 69.5 Å². The van der Waals surface area contributed by atoms with E-state index in [1.165, 1.54) is 11.5 Å². The second-order valence-corrected chi connectivity index (χ2v) is 8.77. The summed E-state index contributed by atoms with van der Waals surface area (Å²) in [4.78, 5) is 36.2. The molecule has 0 heterocycles. The van der Waals surface area contributed by atoms with Gasteiger partial charge in [0.05, 0.1) is 12.5 Å². The summed E-state index contributed by atoms with van der Waals surface area (Å²) in [5.74, 6) is -3.18. The lowest BCUT2D eigenvalue weighted by molar-refractivity contribution is -0.148. The summed E-state index contributed by atoms with van der Waals surface area (Å²) in [7, 11) is -3.48. The molecule has 9 nitrogen and oxygen atoms in total. The Hall–Kier alpha value is -1.75. The Morgan fingerprint density at radius 1 is 1.03 bits per heavy atom. The minimum absolute atomic E-state index is 0.00647. The largest absolute Gasteiger partial charge is 0.635 e. The van der Waals surface area contributed by atoms with Gasteiger partial charge in [0, 0.05) is 38.4 Å². The lowest BCUT2D eigenvalue weighted by Crippen LogP contribution is -2.63. The molecule has 0 fully saturated rings. The topological polar surface area (TPSA) is 112 Å². The van der Waals surface area contributed by atoms with E-state index in [0.717, 1.165) is 0 Å². The van der Waals surface area contributed by atoms with Gasteiger partial charge in [-0.25, -0.2) is 4.79 Å². The number of nitrogens with zero attached hydrogens (tertiary/aromatic N) is 1. The molecule has 0 rings (SSSR count). The van der Waals surface area contributed by atoms with Crippen molar-refractivity contribution in [3.63, 3.8) is 0 Å². The van der Waals surface area contributed by atoms with Gasteiger partial charge in [0.25, 0.3) is 0 Å². The summed E-state index contributed by atoms with van der Waals surface area (Å²) in [5.41, 5.74) is 0.225. The molecule has 0 aromatic carbocycles. The Balaban J connectivity index is 5.41. The van der Waals surface area contributed by atoms with Crippen molar-refractivity contribution in [3.8, 4) is 0 Å². The summed E-state index contributed by atoms with van der Waals surface area (Å²) in [6.07, 6.45) is 0.357. The third kappa shape index (κ3) is 9.07. The van der Waals surface area contributed by atoms with Crippen LogP contribution >= 0.6 is 0 Å². The Bertz CT molecular complexity index is 537. The van der Waals surface area contributed by atoms with Gasteiger partial charge in [-0.1, -0.05) is 13.5 Å². The molecule has 10 heteroatoms. The van der Waals surface area contributed by atoms with Crippen molar-refractivity contribution < 1.29 is 37.5 Å². The number of carboxylic acid groups (broad SMARTS) is 1. The minimum Gasteiger partial charge on any atom is -0.481 e. The fourth-order valence-electron chi connectivity index (χ4n) is 2.59. The highest BCUT2D eigenvalue weighted by molar-refractivity contribution is 6.60. The Kier molecular flexibility index (Phi) is 13.4. The fourth-order valence-corrected chi connectivity index (χ4v) is 5.30. The first-order valence-electron chi connectivity index (χ1n) is 9.96. The predicted octanol–water partition coefficient (Wildman–Crippen LogP) is 2.37. The highest BCUT2D eigenvalue weighted by atomic mass is 28.4. The molecule has 1 amide bonds. The molecule has 0 aliphatic heterocycles. The van der Waals surface area contributed by atoms with Crippen LogP contribution in [0.15, 0.2) is 12.2 Å². The van der Waals surface area contributed by atoms with Gasteiger partial charge in [-0.15, -0.1) is 0 Å². The molecule has 0 aliphatic rings. The fraction of sp³-hybridized carbons (Fsp3) is 0.737. The highest BCUT2D eigenvalue weighted by Crippen LogP contribution is 2.21. The van der Waals surface area contributed by atoms with Crippen molar-refractivity contribution in [2.24, 2.45) is 5.92 Å². The van der Waals surface area contributed by atoms with E-state index in [4.69, 9.17) is 18.0 Å². The van der Waals surface area contributed by atoms with Crippen molar-refractivity contribution in [1.29, 1.82) is 0 Å². The molecular formula is C19H35NO8Si. The second-order valence-electron chi connectivity index (χ2n) is 6.31. The maximum absolute atomic E-state index is 13.1. The van der Waals surface area contributed by atoms with E-state index in [0.29, 0.717) is 32.8 Å². The molecule has 1 unspecified atom stereocenters. The van der Waals surface area contributed by atoms with E-state index >= 15 is 0 Å². The maximum Gasteiger partial charge on any atom is 0.635 e. The van der Waals surface area contributed by atoms with Crippen LogP contribution in [0.1, 0.15) is 53.9 Å². The second kappa shape index (κ2) is 14.3. The predicted molar refractivity (Wildman–Crippen MR) is 109 cm³/mol. The smallest absolute Gasteiger partial charge is 0.481 e. The number of rotatable bonds is 16. The molecule has 0 aromatic heterocycles. The molecule has 0 aromatic rings. The molecule has 0 spiro atoms. The van der Waals surface area contributed by atoms with Gasteiger partial charge in [-0.2, -0.15) is 0 Å². The van der Waals surface area contributed by atoms with E-state index in [1.54, 1.807) is 20.8 Å². The Labute approximate surface area is 174 Å². The van der Waals surface area contributed by atoms with Crippen molar-refractivity contribution in [2.75, 3.05) is 33.0 Å². The lowest BCUT2D eigenvalue weighted by Gasteiger charge is -2.37. The van der Waals surface area contributed by atoms with Crippen molar-refractivity contribution in [2.45, 2.75) is 53.9 Å². The number of carbonyl (C=O) groups is 3. The third-order valence-electron chi connectivity index (χ3n) is 3.88.